The van der Waals surface area contributed by atoms with Crippen molar-refractivity contribution in [2.24, 2.45) is 0 Å². The van der Waals surface area contributed by atoms with Gasteiger partial charge in [-0.15, -0.1) is 5.10 Å². The van der Waals surface area contributed by atoms with Gasteiger partial charge in [-0.1, -0.05) is 25.9 Å². The van der Waals surface area contributed by atoms with Gasteiger partial charge >= 0.3 is 0 Å². The lowest BCUT2D eigenvalue weighted by molar-refractivity contribution is 0.190. The Morgan fingerprint density at radius 3 is 2.52 bits per heavy atom. The Kier molecular flexibility index (Phi) is 4.06. The van der Waals surface area contributed by atoms with Gasteiger partial charge in [0.25, 0.3) is 0 Å². The number of anilines is 1. The minimum absolute atomic E-state index is 0.0337. The van der Waals surface area contributed by atoms with E-state index in [0.29, 0.717) is 18.5 Å². The molecule has 7 heteroatoms. The molecule has 2 aromatic heterocycles. The fourth-order valence-corrected chi connectivity index (χ4v) is 2.57. The first-order valence-corrected chi connectivity index (χ1v) is 7.91. The van der Waals surface area contributed by atoms with Crippen molar-refractivity contribution in [1.29, 1.82) is 0 Å². The topological polar surface area (TPSA) is 71.2 Å². The highest BCUT2D eigenvalue weighted by atomic mass is 16.5. The lowest BCUT2D eigenvalue weighted by atomic mass is 9.92. The first kappa shape index (κ1) is 15.9. The van der Waals surface area contributed by atoms with Crippen molar-refractivity contribution >= 4 is 5.82 Å². The minimum Gasteiger partial charge on any atom is -0.352 e. The molecule has 0 spiro atoms. The number of aryl methyl sites for hydroxylation is 1. The van der Waals surface area contributed by atoms with Crippen LogP contribution in [0.2, 0.25) is 0 Å². The molecular formula is C16H24N6O. The summed E-state index contributed by atoms with van der Waals surface area (Å²) in [4.78, 5) is 8.73. The van der Waals surface area contributed by atoms with E-state index in [-0.39, 0.29) is 5.41 Å². The quantitative estimate of drug-likeness (QED) is 0.851. The minimum atomic E-state index is 0.0337. The fraction of sp³-hybridized carbons (Fsp3) is 0.625. The second-order valence-corrected chi connectivity index (χ2v) is 7.23. The molecule has 1 aliphatic rings. The molecule has 0 saturated carbocycles. The van der Waals surface area contributed by atoms with Crippen molar-refractivity contribution < 1.29 is 4.52 Å². The van der Waals surface area contributed by atoms with Gasteiger partial charge in [0.1, 0.15) is 0 Å². The SMILES string of the molecule is Cc1nc(CN(C)C2CN(c3ccc(C(C)(C)C)nn3)C2)no1. The third-order valence-corrected chi connectivity index (χ3v) is 4.19. The maximum absolute atomic E-state index is 5.01. The van der Waals surface area contributed by atoms with Crippen LogP contribution in [0.3, 0.4) is 0 Å². The third kappa shape index (κ3) is 3.50. The van der Waals surface area contributed by atoms with Crippen molar-refractivity contribution in [3.63, 3.8) is 0 Å². The van der Waals surface area contributed by atoms with Crippen LogP contribution < -0.4 is 4.90 Å². The first-order valence-electron chi connectivity index (χ1n) is 7.91. The first-order chi connectivity index (χ1) is 10.8. The van der Waals surface area contributed by atoms with Crippen molar-refractivity contribution in [3.8, 4) is 0 Å². The standard InChI is InChI=1S/C16H24N6O/c1-11-17-14(20-23-11)10-21(5)12-8-22(9-12)15-7-6-13(18-19-15)16(2,3)4/h6-7,12H,8-10H2,1-5H3. The van der Waals surface area contributed by atoms with Crippen molar-refractivity contribution in [2.45, 2.75) is 45.7 Å². The highest BCUT2D eigenvalue weighted by Crippen LogP contribution is 2.24. The molecule has 124 valence electrons. The van der Waals surface area contributed by atoms with E-state index in [9.17, 15) is 0 Å². The number of hydrogen-bond donors (Lipinski definition) is 0. The van der Waals surface area contributed by atoms with Crippen LogP contribution in [-0.4, -0.2) is 51.4 Å². The van der Waals surface area contributed by atoms with Crippen molar-refractivity contribution in [3.05, 3.63) is 29.5 Å². The zero-order valence-electron chi connectivity index (χ0n) is 14.4. The van der Waals surface area contributed by atoms with Gasteiger partial charge in [-0.05, 0) is 19.2 Å². The Labute approximate surface area is 136 Å². The van der Waals surface area contributed by atoms with E-state index < -0.39 is 0 Å². The maximum Gasteiger partial charge on any atom is 0.223 e. The molecule has 0 bridgehead atoms. The second kappa shape index (κ2) is 5.88. The molecule has 1 fully saturated rings. The Morgan fingerprint density at radius 1 is 1.26 bits per heavy atom. The normalized spacial score (nSPS) is 16.0. The van der Waals surface area contributed by atoms with E-state index in [4.69, 9.17) is 4.52 Å². The van der Waals surface area contributed by atoms with Gasteiger partial charge in [0.2, 0.25) is 5.89 Å². The zero-order chi connectivity index (χ0) is 16.6. The molecule has 0 N–H and O–H groups in total. The molecule has 3 heterocycles. The van der Waals surface area contributed by atoms with Crippen LogP contribution in [0.5, 0.6) is 0 Å². The summed E-state index contributed by atoms with van der Waals surface area (Å²) in [6, 6.07) is 4.60. The van der Waals surface area contributed by atoms with E-state index in [1.807, 2.05) is 6.92 Å². The smallest absolute Gasteiger partial charge is 0.223 e. The molecule has 7 nitrogen and oxygen atoms in total. The highest BCUT2D eigenvalue weighted by molar-refractivity contribution is 5.42. The average Bonchev–Trinajstić information content (AvgIpc) is 2.82. The molecule has 0 atom stereocenters. The van der Waals surface area contributed by atoms with Gasteiger partial charge in [0, 0.05) is 31.5 Å². The Balaban J connectivity index is 1.54. The van der Waals surface area contributed by atoms with Crippen LogP contribution in [0.15, 0.2) is 16.7 Å². The molecule has 2 aromatic rings. The van der Waals surface area contributed by atoms with Gasteiger partial charge < -0.3 is 9.42 Å². The van der Waals surface area contributed by atoms with Crippen LogP contribution in [0, 0.1) is 6.92 Å². The third-order valence-electron chi connectivity index (χ3n) is 4.19. The second-order valence-electron chi connectivity index (χ2n) is 7.23. The predicted molar refractivity (Wildman–Crippen MR) is 87.2 cm³/mol. The van der Waals surface area contributed by atoms with Gasteiger partial charge in [-0.25, -0.2) is 0 Å². The summed E-state index contributed by atoms with van der Waals surface area (Å²) in [5.74, 6) is 2.29. The summed E-state index contributed by atoms with van der Waals surface area (Å²) in [5.41, 5.74) is 1.05. The Morgan fingerprint density at radius 2 is 2.00 bits per heavy atom. The fourth-order valence-electron chi connectivity index (χ4n) is 2.57. The monoisotopic (exact) mass is 316 g/mol. The van der Waals surface area contributed by atoms with E-state index in [2.05, 4.69) is 70.1 Å². The number of nitrogens with zero attached hydrogens (tertiary/aromatic N) is 6. The molecule has 1 saturated heterocycles. The summed E-state index contributed by atoms with van der Waals surface area (Å²) >= 11 is 0. The molecule has 0 amide bonds. The number of aromatic nitrogens is 4. The predicted octanol–water partition coefficient (Wildman–Crippen LogP) is 1.79. The highest BCUT2D eigenvalue weighted by Gasteiger charge is 2.31. The van der Waals surface area contributed by atoms with Gasteiger partial charge in [-0.3, -0.25) is 4.90 Å². The van der Waals surface area contributed by atoms with Crippen LogP contribution in [0.4, 0.5) is 5.82 Å². The largest absolute Gasteiger partial charge is 0.352 e. The molecule has 1 aliphatic heterocycles. The van der Waals surface area contributed by atoms with E-state index in [1.165, 1.54) is 0 Å². The molecule has 0 unspecified atom stereocenters. The lowest BCUT2D eigenvalue weighted by Gasteiger charge is -2.44. The van der Waals surface area contributed by atoms with Gasteiger partial charge in [0.15, 0.2) is 11.6 Å². The van der Waals surface area contributed by atoms with E-state index >= 15 is 0 Å². The van der Waals surface area contributed by atoms with Crippen molar-refractivity contribution in [2.75, 3.05) is 25.0 Å². The molecule has 3 rings (SSSR count). The van der Waals surface area contributed by atoms with Gasteiger partial charge in [-0.2, -0.15) is 10.1 Å². The summed E-state index contributed by atoms with van der Waals surface area (Å²) in [5, 5.41) is 12.7. The number of likely N-dealkylation sites (N-methyl/N-ethyl adjacent to an activating group) is 1. The Hall–Kier alpha value is -2.02. The van der Waals surface area contributed by atoms with E-state index in [1.54, 1.807) is 0 Å². The van der Waals surface area contributed by atoms with Crippen LogP contribution in [-0.2, 0) is 12.0 Å². The summed E-state index contributed by atoms with van der Waals surface area (Å²) in [7, 11) is 2.09. The molecule has 23 heavy (non-hydrogen) atoms. The summed E-state index contributed by atoms with van der Waals surface area (Å²) in [6.45, 7) is 10.8. The van der Waals surface area contributed by atoms with Gasteiger partial charge in [0.05, 0.1) is 12.2 Å². The molecule has 0 radical (unpaired) electrons. The van der Waals surface area contributed by atoms with Crippen LogP contribution >= 0.6 is 0 Å². The van der Waals surface area contributed by atoms with Crippen LogP contribution in [0.25, 0.3) is 0 Å². The Bertz CT molecular complexity index is 654. The van der Waals surface area contributed by atoms with E-state index in [0.717, 1.165) is 30.4 Å². The molecule has 0 aromatic carbocycles. The number of rotatable bonds is 4. The average molecular weight is 316 g/mol. The maximum atomic E-state index is 5.01. The zero-order valence-corrected chi connectivity index (χ0v) is 14.4. The van der Waals surface area contributed by atoms with Crippen LogP contribution in [0.1, 0.15) is 38.2 Å². The number of hydrogen-bond acceptors (Lipinski definition) is 7. The molecular weight excluding hydrogens is 292 g/mol. The summed E-state index contributed by atoms with van der Waals surface area (Å²) < 4.78 is 5.01. The summed E-state index contributed by atoms with van der Waals surface area (Å²) in [6.07, 6.45) is 0. The lowest BCUT2D eigenvalue weighted by Crippen LogP contribution is -2.58. The molecule has 0 aliphatic carbocycles. The van der Waals surface area contributed by atoms with Crippen molar-refractivity contribution in [1.82, 2.24) is 25.2 Å².